The predicted octanol–water partition coefficient (Wildman–Crippen LogP) is 2.94. The van der Waals surface area contributed by atoms with Crippen LogP contribution in [-0.2, 0) is 6.42 Å². The standard InChI is InChI=1S/C16H22N4/c1-12-6-8-18-11-15(12)16(17)10-13-7-9-20(19-13)14-4-2-3-5-14/h6-9,11,14,16H,2-5,10,17H2,1H3. The Morgan fingerprint density at radius 1 is 1.35 bits per heavy atom. The van der Waals surface area contributed by atoms with Gasteiger partial charge < -0.3 is 5.73 Å². The molecule has 0 spiro atoms. The number of nitrogens with two attached hydrogens (primary N) is 1. The first-order chi connectivity index (χ1) is 9.74. The van der Waals surface area contributed by atoms with Gasteiger partial charge in [-0.1, -0.05) is 12.8 Å². The lowest BCUT2D eigenvalue weighted by Gasteiger charge is -2.13. The van der Waals surface area contributed by atoms with Crippen LogP contribution in [0.15, 0.2) is 30.7 Å². The van der Waals surface area contributed by atoms with Crippen molar-refractivity contribution in [3.8, 4) is 0 Å². The SMILES string of the molecule is Cc1ccncc1C(N)Cc1ccn(C2CCCC2)n1. The van der Waals surface area contributed by atoms with Crippen molar-refractivity contribution in [2.45, 2.75) is 51.1 Å². The second kappa shape index (κ2) is 5.75. The minimum atomic E-state index is -0.0318. The van der Waals surface area contributed by atoms with E-state index in [1.54, 1.807) is 6.20 Å². The van der Waals surface area contributed by atoms with Crippen molar-refractivity contribution >= 4 is 0 Å². The second-order valence-electron chi connectivity index (χ2n) is 5.77. The van der Waals surface area contributed by atoms with Gasteiger partial charge in [-0.15, -0.1) is 0 Å². The van der Waals surface area contributed by atoms with Crippen molar-refractivity contribution < 1.29 is 0 Å². The van der Waals surface area contributed by atoms with E-state index < -0.39 is 0 Å². The molecule has 1 unspecified atom stereocenters. The number of rotatable bonds is 4. The molecular weight excluding hydrogens is 248 g/mol. The zero-order chi connectivity index (χ0) is 13.9. The lowest BCUT2D eigenvalue weighted by atomic mass is 10.0. The lowest BCUT2D eigenvalue weighted by molar-refractivity contribution is 0.461. The molecule has 1 aliphatic rings. The average molecular weight is 270 g/mol. The Morgan fingerprint density at radius 2 is 2.15 bits per heavy atom. The normalized spacial score (nSPS) is 17.5. The van der Waals surface area contributed by atoms with Crippen molar-refractivity contribution in [2.75, 3.05) is 0 Å². The highest BCUT2D eigenvalue weighted by molar-refractivity contribution is 5.26. The third-order valence-electron chi connectivity index (χ3n) is 4.27. The van der Waals surface area contributed by atoms with Gasteiger partial charge >= 0.3 is 0 Å². The largest absolute Gasteiger partial charge is 0.324 e. The molecule has 0 aliphatic heterocycles. The van der Waals surface area contributed by atoms with Crippen LogP contribution in [0.2, 0.25) is 0 Å². The molecule has 0 radical (unpaired) electrons. The number of aryl methyl sites for hydroxylation is 1. The Bertz CT molecular complexity index is 569. The van der Waals surface area contributed by atoms with Crippen molar-refractivity contribution in [3.63, 3.8) is 0 Å². The zero-order valence-corrected chi connectivity index (χ0v) is 12.0. The van der Waals surface area contributed by atoms with Gasteiger partial charge in [-0.3, -0.25) is 9.67 Å². The maximum Gasteiger partial charge on any atom is 0.0643 e. The molecule has 2 N–H and O–H groups in total. The first kappa shape index (κ1) is 13.3. The van der Waals surface area contributed by atoms with Gasteiger partial charge in [0.15, 0.2) is 0 Å². The highest BCUT2D eigenvalue weighted by Gasteiger charge is 2.18. The number of nitrogens with zero attached hydrogens (tertiary/aromatic N) is 3. The van der Waals surface area contributed by atoms with Gasteiger partial charge in [0.05, 0.1) is 11.7 Å². The van der Waals surface area contributed by atoms with Gasteiger partial charge in [-0.25, -0.2) is 0 Å². The molecule has 0 amide bonds. The molecule has 1 aliphatic carbocycles. The molecule has 4 nitrogen and oxygen atoms in total. The summed E-state index contributed by atoms with van der Waals surface area (Å²) >= 11 is 0. The Labute approximate surface area is 120 Å². The Morgan fingerprint density at radius 3 is 2.90 bits per heavy atom. The van der Waals surface area contributed by atoms with Gasteiger partial charge in [0.2, 0.25) is 0 Å². The molecule has 0 saturated heterocycles. The fraction of sp³-hybridized carbons (Fsp3) is 0.500. The summed E-state index contributed by atoms with van der Waals surface area (Å²) in [4.78, 5) is 4.17. The van der Waals surface area contributed by atoms with Crippen LogP contribution in [0.3, 0.4) is 0 Å². The molecule has 2 aromatic heterocycles. The van der Waals surface area contributed by atoms with Crippen LogP contribution >= 0.6 is 0 Å². The summed E-state index contributed by atoms with van der Waals surface area (Å²) in [6.45, 7) is 2.08. The molecule has 2 aromatic rings. The van der Waals surface area contributed by atoms with Gasteiger partial charge in [0.1, 0.15) is 0 Å². The molecule has 4 heteroatoms. The van der Waals surface area contributed by atoms with Crippen LogP contribution in [0, 0.1) is 6.92 Å². The predicted molar refractivity (Wildman–Crippen MR) is 79.3 cm³/mol. The number of hydrogen-bond acceptors (Lipinski definition) is 3. The van der Waals surface area contributed by atoms with Gasteiger partial charge in [0.25, 0.3) is 0 Å². The van der Waals surface area contributed by atoms with E-state index in [4.69, 9.17) is 10.8 Å². The van der Waals surface area contributed by atoms with Gasteiger partial charge in [-0.2, -0.15) is 5.10 Å². The Hall–Kier alpha value is -1.68. The monoisotopic (exact) mass is 270 g/mol. The fourth-order valence-electron chi connectivity index (χ4n) is 3.06. The third kappa shape index (κ3) is 2.75. The molecule has 106 valence electrons. The van der Waals surface area contributed by atoms with Crippen LogP contribution < -0.4 is 5.73 Å². The van der Waals surface area contributed by atoms with E-state index in [1.165, 1.54) is 31.2 Å². The van der Waals surface area contributed by atoms with Crippen LogP contribution in [0.4, 0.5) is 0 Å². The molecule has 1 saturated carbocycles. The summed E-state index contributed by atoms with van der Waals surface area (Å²) in [5, 5.41) is 4.70. The van der Waals surface area contributed by atoms with E-state index >= 15 is 0 Å². The maximum absolute atomic E-state index is 6.30. The topological polar surface area (TPSA) is 56.7 Å². The molecule has 2 heterocycles. The van der Waals surface area contributed by atoms with Crippen molar-refractivity contribution in [3.05, 3.63) is 47.5 Å². The first-order valence-electron chi connectivity index (χ1n) is 7.44. The quantitative estimate of drug-likeness (QED) is 0.929. The molecule has 3 rings (SSSR count). The fourth-order valence-corrected chi connectivity index (χ4v) is 3.06. The number of hydrogen-bond donors (Lipinski definition) is 1. The summed E-state index contributed by atoms with van der Waals surface area (Å²) in [5.74, 6) is 0. The number of aromatic nitrogens is 3. The van der Waals surface area contributed by atoms with E-state index in [0.29, 0.717) is 6.04 Å². The van der Waals surface area contributed by atoms with Crippen molar-refractivity contribution in [1.29, 1.82) is 0 Å². The number of pyridine rings is 1. The van der Waals surface area contributed by atoms with Crippen LogP contribution in [-0.4, -0.2) is 14.8 Å². The van der Waals surface area contributed by atoms with Crippen LogP contribution in [0.5, 0.6) is 0 Å². The molecular formula is C16H22N4. The smallest absolute Gasteiger partial charge is 0.0643 e. The van der Waals surface area contributed by atoms with Crippen LogP contribution in [0.25, 0.3) is 0 Å². The maximum atomic E-state index is 6.30. The minimum absolute atomic E-state index is 0.0318. The highest BCUT2D eigenvalue weighted by Crippen LogP contribution is 2.29. The summed E-state index contributed by atoms with van der Waals surface area (Å²) in [6, 6.07) is 4.67. The summed E-state index contributed by atoms with van der Waals surface area (Å²) < 4.78 is 2.13. The van der Waals surface area contributed by atoms with E-state index in [2.05, 4.69) is 28.9 Å². The summed E-state index contributed by atoms with van der Waals surface area (Å²) in [7, 11) is 0. The zero-order valence-electron chi connectivity index (χ0n) is 12.0. The van der Waals surface area contributed by atoms with Crippen molar-refractivity contribution in [2.24, 2.45) is 5.73 Å². The second-order valence-corrected chi connectivity index (χ2v) is 5.77. The first-order valence-corrected chi connectivity index (χ1v) is 7.44. The van der Waals surface area contributed by atoms with E-state index in [0.717, 1.165) is 17.7 Å². The van der Waals surface area contributed by atoms with Gasteiger partial charge in [-0.05, 0) is 43.0 Å². The third-order valence-corrected chi connectivity index (χ3v) is 4.27. The molecule has 1 atom stereocenters. The summed E-state index contributed by atoms with van der Waals surface area (Å²) in [5.41, 5.74) is 9.69. The molecule has 0 bridgehead atoms. The summed E-state index contributed by atoms with van der Waals surface area (Å²) in [6.07, 6.45) is 11.7. The highest BCUT2D eigenvalue weighted by atomic mass is 15.3. The minimum Gasteiger partial charge on any atom is -0.324 e. The average Bonchev–Trinajstić information content (AvgIpc) is 3.09. The lowest BCUT2D eigenvalue weighted by Crippen LogP contribution is -2.15. The molecule has 0 aromatic carbocycles. The molecule has 1 fully saturated rings. The Balaban J connectivity index is 1.70. The van der Waals surface area contributed by atoms with Crippen LogP contribution in [0.1, 0.15) is 54.6 Å². The molecule has 20 heavy (non-hydrogen) atoms. The van der Waals surface area contributed by atoms with E-state index in [-0.39, 0.29) is 6.04 Å². The van der Waals surface area contributed by atoms with E-state index in [1.807, 2.05) is 12.3 Å². The van der Waals surface area contributed by atoms with Gasteiger partial charge in [0, 0.05) is 31.1 Å². The van der Waals surface area contributed by atoms with E-state index in [9.17, 15) is 0 Å². The Kier molecular flexibility index (Phi) is 3.83. The van der Waals surface area contributed by atoms with Crippen molar-refractivity contribution in [1.82, 2.24) is 14.8 Å².